The molecule has 0 atom stereocenters. The second-order valence-electron chi connectivity index (χ2n) is 4.92. The van der Waals surface area contributed by atoms with Crippen LogP contribution in [0.4, 0.5) is 0 Å². The van der Waals surface area contributed by atoms with E-state index in [1.807, 2.05) is 0 Å². The SMILES string of the molecule is CC1(C)Cc2sc(=S)[nH]c2-c2ccccc21. The van der Waals surface area contributed by atoms with Crippen LogP contribution in [0.15, 0.2) is 24.3 Å². The van der Waals surface area contributed by atoms with E-state index in [4.69, 9.17) is 12.2 Å². The fraction of sp³-hybridized carbons (Fsp3) is 0.308. The zero-order valence-electron chi connectivity index (χ0n) is 9.33. The quantitative estimate of drug-likeness (QED) is 0.686. The molecular weight excluding hydrogens is 234 g/mol. The van der Waals surface area contributed by atoms with Crippen molar-refractivity contribution in [3.63, 3.8) is 0 Å². The van der Waals surface area contributed by atoms with E-state index in [9.17, 15) is 0 Å². The molecule has 0 aliphatic heterocycles. The van der Waals surface area contributed by atoms with E-state index in [1.165, 1.54) is 21.7 Å². The molecule has 1 heterocycles. The van der Waals surface area contributed by atoms with Crippen molar-refractivity contribution >= 4 is 23.6 Å². The van der Waals surface area contributed by atoms with Crippen molar-refractivity contribution in [3.8, 4) is 11.3 Å². The van der Waals surface area contributed by atoms with Crippen LogP contribution >= 0.6 is 23.6 Å². The average Bonchev–Trinajstić information content (AvgIpc) is 2.58. The number of rotatable bonds is 0. The molecule has 0 saturated heterocycles. The van der Waals surface area contributed by atoms with Gasteiger partial charge in [-0.05, 0) is 29.6 Å². The summed E-state index contributed by atoms with van der Waals surface area (Å²) in [5, 5.41) is 0. The molecule has 1 aromatic carbocycles. The molecule has 1 N–H and O–H groups in total. The summed E-state index contributed by atoms with van der Waals surface area (Å²) in [6.07, 6.45) is 1.08. The van der Waals surface area contributed by atoms with Gasteiger partial charge in [0.1, 0.15) is 0 Å². The summed E-state index contributed by atoms with van der Waals surface area (Å²) in [7, 11) is 0. The van der Waals surface area contributed by atoms with Crippen molar-refractivity contribution in [1.29, 1.82) is 0 Å². The number of H-pyrrole nitrogens is 1. The molecule has 0 fully saturated rings. The smallest absolute Gasteiger partial charge is 0.159 e. The summed E-state index contributed by atoms with van der Waals surface area (Å²) in [5.74, 6) is 0. The van der Waals surface area contributed by atoms with Crippen LogP contribution in [0.25, 0.3) is 11.3 Å². The summed E-state index contributed by atoms with van der Waals surface area (Å²) in [4.78, 5) is 4.72. The van der Waals surface area contributed by atoms with Crippen molar-refractivity contribution in [2.45, 2.75) is 25.7 Å². The minimum absolute atomic E-state index is 0.212. The first-order valence-electron chi connectivity index (χ1n) is 5.40. The van der Waals surface area contributed by atoms with E-state index in [1.54, 1.807) is 11.3 Å². The van der Waals surface area contributed by atoms with Crippen molar-refractivity contribution in [1.82, 2.24) is 4.98 Å². The fourth-order valence-electron chi connectivity index (χ4n) is 2.49. The molecule has 1 nitrogen and oxygen atoms in total. The molecule has 82 valence electrons. The van der Waals surface area contributed by atoms with Gasteiger partial charge in [-0.3, -0.25) is 0 Å². The van der Waals surface area contributed by atoms with E-state index in [0.29, 0.717) is 0 Å². The van der Waals surface area contributed by atoms with Gasteiger partial charge in [0.25, 0.3) is 0 Å². The number of benzene rings is 1. The van der Waals surface area contributed by atoms with Gasteiger partial charge in [-0.2, -0.15) is 0 Å². The molecule has 0 bridgehead atoms. The minimum atomic E-state index is 0.212. The molecule has 1 aromatic heterocycles. The molecule has 0 spiro atoms. The van der Waals surface area contributed by atoms with Crippen LogP contribution in [-0.2, 0) is 11.8 Å². The van der Waals surface area contributed by atoms with Crippen LogP contribution < -0.4 is 0 Å². The maximum absolute atomic E-state index is 5.25. The lowest BCUT2D eigenvalue weighted by atomic mass is 9.74. The fourth-order valence-corrected chi connectivity index (χ4v) is 3.97. The Morgan fingerprint density at radius 3 is 2.88 bits per heavy atom. The van der Waals surface area contributed by atoms with Gasteiger partial charge in [-0.1, -0.05) is 38.1 Å². The Morgan fingerprint density at radius 1 is 1.31 bits per heavy atom. The standard InChI is InChI=1S/C13H13NS2/c1-13(2)7-10-11(14-12(15)16-10)8-5-3-4-6-9(8)13/h3-6H,7H2,1-2H3,(H,14,15). The van der Waals surface area contributed by atoms with Gasteiger partial charge in [-0.15, -0.1) is 11.3 Å². The van der Waals surface area contributed by atoms with Crippen LogP contribution in [-0.4, -0.2) is 4.98 Å². The van der Waals surface area contributed by atoms with Gasteiger partial charge in [-0.25, -0.2) is 0 Å². The number of nitrogens with one attached hydrogen (secondary N) is 1. The molecule has 0 unspecified atom stereocenters. The van der Waals surface area contributed by atoms with Crippen LogP contribution in [0.5, 0.6) is 0 Å². The maximum atomic E-state index is 5.25. The first-order chi connectivity index (χ1) is 7.58. The molecule has 0 radical (unpaired) electrons. The maximum Gasteiger partial charge on any atom is 0.159 e. The highest BCUT2D eigenvalue weighted by Gasteiger charge is 2.31. The molecule has 3 heteroatoms. The summed E-state index contributed by atoms with van der Waals surface area (Å²) >= 11 is 6.96. The van der Waals surface area contributed by atoms with Crippen LogP contribution in [0, 0.1) is 3.95 Å². The monoisotopic (exact) mass is 247 g/mol. The molecule has 1 aliphatic carbocycles. The Balaban J connectivity index is 2.37. The number of aromatic nitrogens is 1. The number of hydrogen-bond acceptors (Lipinski definition) is 2. The lowest BCUT2D eigenvalue weighted by molar-refractivity contribution is 0.521. The molecule has 3 rings (SSSR count). The van der Waals surface area contributed by atoms with E-state index >= 15 is 0 Å². The number of aromatic amines is 1. The van der Waals surface area contributed by atoms with Crippen LogP contribution in [0.1, 0.15) is 24.3 Å². The molecule has 0 amide bonds. The van der Waals surface area contributed by atoms with E-state index in [2.05, 4.69) is 43.1 Å². The highest BCUT2D eigenvalue weighted by Crippen LogP contribution is 2.43. The van der Waals surface area contributed by atoms with Crippen molar-refractivity contribution < 1.29 is 0 Å². The number of fused-ring (bicyclic) bond motifs is 3. The summed E-state index contributed by atoms with van der Waals surface area (Å²) in [6, 6.07) is 8.63. The van der Waals surface area contributed by atoms with Gasteiger partial charge < -0.3 is 4.98 Å². The zero-order chi connectivity index (χ0) is 11.3. The zero-order valence-corrected chi connectivity index (χ0v) is 11.0. The molecule has 2 aromatic rings. The van der Waals surface area contributed by atoms with Gasteiger partial charge in [0.2, 0.25) is 0 Å². The van der Waals surface area contributed by atoms with E-state index in [0.717, 1.165) is 10.4 Å². The Labute approximate surface area is 104 Å². The Bertz CT molecular complexity index is 604. The Hall–Kier alpha value is -0.930. The third kappa shape index (κ3) is 1.39. The average molecular weight is 247 g/mol. The third-order valence-electron chi connectivity index (χ3n) is 3.25. The van der Waals surface area contributed by atoms with E-state index < -0.39 is 0 Å². The van der Waals surface area contributed by atoms with Crippen LogP contribution in [0.2, 0.25) is 0 Å². The largest absolute Gasteiger partial charge is 0.337 e. The highest BCUT2D eigenvalue weighted by atomic mass is 32.1. The van der Waals surface area contributed by atoms with Gasteiger partial charge in [0.05, 0.1) is 5.69 Å². The van der Waals surface area contributed by atoms with Crippen molar-refractivity contribution in [2.24, 2.45) is 0 Å². The molecular formula is C13H13NS2. The predicted octanol–water partition coefficient (Wildman–Crippen LogP) is 4.31. The van der Waals surface area contributed by atoms with Gasteiger partial charge in [0, 0.05) is 10.4 Å². The van der Waals surface area contributed by atoms with Gasteiger partial charge in [0.15, 0.2) is 3.95 Å². The number of thiazole rings is 1. The topological polar surface area (TPSA) is 15.8 Å². The second-order valence-corrected chi connectivity index (χ2v) is 6.69. The first-order valence-corrected chi connectivity index (χ1v) is 6.62. The predicted molar refractivity (Wildman–Crippen MR) is 71.7 cm³/mol. The summed E-state index contributed by atoms with van der Waals surface area (Å²) in [6.45, 7) is 4.61. The lowest BCUT2D eigenvalue weighted by Gasteiger charge is -2.31. The van der Waals surface area contributed by atoms with Crippen molar-refractivity contribution in [3.05, 3.63) is 38.7 Å². The minimum Gasteiger partial charge on any atom is -0.337 e. The Kier molecular flexibility index (Phi) is 2.10. The number of hydrogen-bond donors (Lipinski definition) is 1. The Morgan fingerprint density at radius 2 is 2.06 bits per heavy atom. The summed E-state index contributed by atoms with van der Waals surface area (Å²) < 4.78 is 0.887. The summed E-state index contributed by atoms with van der Waals surface area (Å²) in [5.41, 5.74) is 4.20. The highest BCUT2D eigenvalue weighted by molar-refractivity contribution is 7.73. The lowest BCUT2D eigenvalue weighted by Crippen LogP contribution is -2.24. The normalized spacial score (nSPS) is 16.6. The van der Waals surface area contributed by atoms with Crippen molar-refractivity contribution in [2.75, 3.05) is 0 Å². The molecule has 0 saturated carbocycles. The molecule has 1 aliphatic rings. The second kappa shape index (κ2) is 3.28. The van der Waals surface area contributed by atoms with Crippen LogP contribution in [0.3, 0.4) is 0 Å². The first kappa shape index (κ1) is 10.2. The third-order valence-corrected chi connectivity index (χ3v) is 4.48. The molecule has 16 heavy (non-hydrogen) atoms. The van der Waals surface area contributed by atoms with E-state index in [-0.39, 0.29) is 5.41 Å². The van der Waals surface area contributed by atoms with Gasteiger partial charge >= 0.3 is 0 Å².